The molecule has 2 amide bonds. The fourth-order valence-electron chi connectivity index (χ4n) is 1.74. The van der Waals surface area contributed by atoms with Gasteiger partial charge >= 0.3 is 6.09 Å². The molecule has 0 spiro atoms. The second-order valence-electron chi connectivity index (χ2n) is 4.56. The van der Waals surface area contributed by atoms with Gasteiger partial charge in [0.15, 0.2) is 5.13 Å². The molecule has 3 N–H and O–H groups in total. The molecule has 0 aliphatic heterocycles. The number of anilines is 2. The Hall–Kier alpha value is -1.84. The van der Waals surface area contributed by atoms with Crippen molar-refractivity contribution in [3.8, 4) is 0 Å². The molecule has 2 rings (SSSR count). The van der Waals surface area contributed by atoms with Crippen LogP contribution in [-0.4, -0.2) is 23.6 Å². The molecule has 0 unspecified atom stereocenters. The van der Waals surface area contributed by atoms with Gasteiger partial charge in [0.1, 0.15) is 5.00 Å². The maximum Gasteiger partial charge on any atom is 0.425 e. The Kier molecular flexibility index (Phi) is 8.51. The van der Waals surface area contributed by atoms with Crippen LogP contribution in [0.1, 0.15) is 24.4 Å². The minimum atomic E-state index is -0.504. The van der Waals surface area contributed by atoms with E-state index in [1.165, 1.54) is 23.1 Å². The van der Waals surface area contributed by atoms with E-state index in [0.717, 1.165) is 23.5 Å². The molecule has 0 saturated carbocycles. The summed E-state index contributed by atoms with van der Waals surface area (Å²) < 4.78 is 4.76. The molecule has 24 heavy (non-hydrogen) atoms. The number of ether oxygens (including phenoxy) is 1. The number of nitrogens with one attached hydrogen (secondary N) is 3. The predicted molar refractivity (Wildman–Crippen MR) is 99.2 cm³/mol. The zero-order chi connectivity index (χ0) is 16.7. The second-order valence-corrected chi connectivity index (χ2v) is 6.59. The standard InChI is InChI=1S/C14H18N4O3S2.ClH/c1-3-21-14(20)18-17-12-7-6-11(23-12)5-4-10-8-22-13(16-10)15-9(2)19;/h6-8,17H,3-5H2,1-2H3,(H,18,20)(H,15,16,19);1H. The van der Waals surface area contributed by atoms with E-state index in [1.54, 1.807) is 18.3 Å². The molecule has 0 atom stereocenters. The van der Waals surface area contributed by atoms with Crippen LogP contribution in [0.15, 0.2) is 17.5 Å². The van der Waals surface area contributed by atoms with Gasteiger partial charge in [0.05, 0.1) is 12.3 Å². The van der Waals surface area contributed by atoms with Crippen molar-refractivity contribution in [1.29, 1.82) is 0 Å². The van der Waals surface area contributed by atoms with Gasteiger partial charge in [-0.1, -0.05) is 0 Å². The van der Waals surface area contributed by atoms with Crippen molar-refractivity contribution in [2.24, 2.45) is 0 Å². The lowest BCUT2D eigenvalue weighted by atomic mass is 10.2. The van der Waals surface area contributed by atoms with Crippen LogP contribution in [0.5, 0.6) is 0 Å². The number of aromatic nitrogens is 1. The summed E-state index contributed by atoms with van der Waals surface area (Å²) in [4.78, 5) is 27.7. The van der Waals surface area contributed by atoms with E-state index in [-0.39, 0.29) is 18.3 Å². The number of carbonyl (C=O) groups is 2. The van der Waals surface area contributed by atoms with E-state index in [9.17, 15) is 9.59 Å². The van der Waals surface area contributed by atoms with Crippen molar-refractivity contribution in [2.45, 2.75) is 26.7 Å². The van der Waals surface area contributed by atoms with Gasteiger partial charge in [-0.15, -0.1) is 35.1 Å². The molecule has 0 fully saturated rings. The monoisotopic (exact) mass is 390 g/mol. The van der Waals surface area contributed by atoms with Crippen molar-refractivity contribution in [2.75, 3.05) is 17.3 Å². The van der Waals surface area contributed by atoms with Gasteiger partial charge in [-0.25, -0.2) is 15.2 Å². The summed E-state index contributed by atoms with van der Waals surface area (Å²) in [5.41, 5.74) is 6.21. The number of amides is 2. The molecule has 0 radical (unpaired) electrons. The Morgan fingerprint density at radius 2 is 2.08 bits per heavy atom. The number of aryl methyl sites for hydroxylation is 2. The van der Waals surface area contributed by atoms with Crippen molar-refractivity contribution in [3.05, 3.63) is 28.1 Å². The summed E-state index contributed by atoms with van der Waals surface area (Å²) in [5.74, 6) is -0.117. The highest BCUT2D eigenvalue weighted by Gasteiger charge is 2.06. The maximum atomic E-state index is 11.2. The number of thiazole rings is 1. The molecule has 2 heterocycles. The van der Waals surface area contributed by atoms with E-state index in [1.807, 2.05) is 17.5 Å². The van der Waals surface area contributed by atoms with Crippen LogP contribution in [0.25, 0.3) is 0 Å². The first-order chi connectivity index (χ1) is 11.1. The molecule has 0 aliphatic rings. The highest BCUT2D eigenvalue weighted by atomic mass is 35.5. The Morgan fingerprint density at radius 3 is 2.79 bits per heavy atom. The molecular formula is C14H19ClN4O3S2. The van der Waals surface area contributed by atoms with Gasteiger partial charge in [0.25, 0.3) is 0 Å². The number of halogens is 1. The molecule has 0 bridgehead atoms. The van der Waals surface area contributed by atoms with Crippen LogP contribution in [0.4, 0.5) is 14.9 Å². The number of rotatable bonds is 7. The first-order valence-corrected chi connectivity index (χ1v) is 8.76. The highest BCUT2D eigenvalue weighted by Crippen LogP contribution is 2.23. The van der Waals surface area contributed by atoms with Gasteiger partial charge < -0.3 is 10.1 Å². The van der Waals surface area contributed by atoms with E-state index < -0.39 is 6.09 Å². The van der Waals surface area contributed by atoms with Crippen LogP contribution in [0.3, 0.4) is 0 Å². The molecule has 7 nitrogen and oxygen atoms in total. The minimum Gasteiger partial charge on any atom is -0.449 e. The van der Waals surface area contributed by atoms with Crippen molar-refractivity contribution in [1.82, 2.24) is 10.4 Å². The molecule has 2 aromatic rings. The fourth-order valence-corrected chi connectivity index (χ4v) is 3.39. The average Bonchev–Trinajstić information content (AvgIpc) is 3.12. The quantitative estimate of drug-likeness (QED) is 0.630. The van der Waals surface area contributed by atoms with Crippen LogP contribution < -0.4 is 16.2 Å². The lowest BCUT2D eigenvalue weighted by Gasteiger charge is -2.05. The van der Waals surface area contributed by atoms with Gasteiger partial charge in [-0.05, 0) is 31.9 Å². The van der Waals surface area contributed by atoms with Gasteiger partial charge in [-0.2, -0.15) is 0 Å². The van der Waals surface area contributed by atoms with E-state index in [2.05, 4.69) is 21.2 Å². The predicted octanol–water partition coefficient (Wildman–Crippen LogP) is 3.44. The molecule has 0 saturated heterocycles. The second kappa shape index (κ2) is 10.1. The molecule has 0 aromatic carbocycles. The number of carbonyl (C=O) groups excluding carboxylic acids is 2. The SMILES string of the molecule is CCOC(=O)NNc1ccc(CCc2csc(NC(C)=O)n2)s1.Cl. The van der Waals surface area contributed by atoms with E-state index in [0.29, 0.717) is 11.7 Å². The number of thiophene rings is 1. The maximum absolute atomic E-state index is 11.2. The average molecular weight is 391 g/mol. The van der Waals surface area contributed by atoms with Crippen molar-refractivity contribution in [3.63, 3.8) is 0 Å². The summed E-state index contributed by atoms with van der Waals surface area (Å²) in [7, 11) is 0. The first-order valence-electron chi connectivity index (χ1n) is 7.06. The van der Waals surface area contributed by atoms with Crippen molar-refractivity contribution >= 4 is 57.2 Å². The molecular weight excluding hydrogens is 372 g/mol. The van der Waals surface area contributed by atoms with Crippen LogP contribution in [-0.2, 0) is 22.4 Å². The summed E-state index contributed by atoms with van der Waals surface area (Å²) in [6.45, 7) is 3.54. The number of hydrogen-bond acceptors (Lipinski definition) is 7. The third kappa shape index (κ3) is 6.73. The first kappa shape index (κ1) is 20.2. The summed E-state index contributed by atoms with van der Waals surface area (Å²) in [5, 5.41) is 6.08. The largest absolute Gasteiger partial charge is 0.449 e. The van der Waals surface area contributed by atoms with Crippen LogP contribution in [0, 0.1) is 0 Å². The van der Waals surface area contributed by atoms with Crippen molar-refractivity contribution < 1.29 is 14.3 Å². The molecule has 10 heteroatoms. The third-order valence-corrected chi connectivity index (χ3v) is 4.55. The number of nitrogens with zero attached hydrogens (tertiary/aromatic N) is 1. The Bertz CT molecular complexity index is 675. The Morgan fingerprint density at radius 1 is 1.29 bits per heavy atom. The summed E-state index contributed by atoms with van der Waals surface area (Å²) in [6.07, 6.45) is 1.13. The molecule has 0 aliphatic carbocycles. The molecule has 2 aromatic heterocycles. The number of hydrogen-bond donors (Lipinski definition) is 3. The van der Waals surface area contributed by atoms with Gasteiger partial charge in [0.2, 0.25) is 5.91 Å². The number of hydrazine groups is 1. The normalized spacial score (nSPS) is 9.75. The van der Waals surface area contributed by atoms with Gasteiger partial charge in [0, 0.05) is 17.2 Å². The van der Waals surface area contributed by atoms with E-state index in [4.69, 9.17) is 4.74 Å². The Balaban J connectivity index is 0.00000288. The lowest BCUT2D eigenvalue weighted by molar-refractivity contribution is -0.114. The zero-order valence-electron chi connectivity index (χ0n) is 13.3. The Labute approximate surface area is 154 Å². The zero-order valence-corrected chi connectivity index (χ0v) is 15.7. The topological polar surface area (TPSA) is 92.4 Å². The summed E-state index contributed by atoms with van der Waals surface area (Å²) in [6, 6.07) is 3.90. The smallest absolute Gasteiger partial charge is 0.425 e. The fraction of sp³-hybridized carbons (Fsp3) is 0.357. The third-order valence-electron chi connectivity index (χ3n) is 2.69. The van der Waals surface area contributed by atoms with E-state index >= 15 is 0 Å². The highest BCUT2D eigenvalue weighted by molar-refractivity contribution is 7.16. The van der Waals surface area contributed by atoms with Crippen LogP contribution >= 0.6 is 35.1 Å². The summed E-state index contributed by atoms with van der Waals surface area (Å²) >= 11 is 2.97. The van der Waals surface area contributed by atoms with Crippen LogP contribution in [0.2, 0.25) is 0 Å². The molecule has 132 valence electrons. The minimum absolute atomic E-state index is 0. The lowest BCUT2D eigenvalue weighted by Crippen LogP contribution is -2.29. The van der Waals surface area contributed by atoms with Gasteiger partial charge in [-0.3, -0.25) is 10.2 Å².